The Morgan fingerprint density at radius 1 is 1.41 bits per heavy atom. The van der Waals surface area contributed by atoms with Crippen molar-refractivity contribution < 1.29 is 4.74 Å². The lowest BCUT2D eigenvalue weighted by molar-refractivity contribution is -0.0366. The standard InChI is InChI=1S/C13H15IN2O/c1-9-5-6-11-10(13(9)14)8-15-16(11)12-4-2-3-7-17-12/h5-6,8,12H,2-4,7H2,1H3. The van der Waals surface area contributed by atoms with E-state index in [0.29, 0.717) is 0 Å². The molecule has 90 valence electrons. The second-order valence-electron chi connectivity index (χ2n) is 4.54. The summed E-state index contributed by atoms with van der Waals surface area (Å²) in [6.07, 6.45) is 5.56. The van der Waals surface area contributed by atoms with E-state index < -0.39 is 0 Å². The van der Waals surface area contributed by atoms with Crippen molar-refractivity contribution in [3.05, 3.63) is 27.5 Å². The number of benzene rings is 1. The van der Waals surface area contributed by atoms with E-state index in [-0.39, 0.29) is 6.23 Å². The first-order valence-corrected chi connectivity index (χ1v) is 7.09. The lowest BCUT2D eigenvalue weighted by atomic mass is 10.1. The zero-order valence-corrected chi connectivity index (χ0v) is 12.0. The van der Waals surface area contributed by atoms with Crippen LogP contribution in [0.4, 0.5) is 0 Å². The van der Waals surface area contributed by atoms with Crippen molar-refractivity contribution in [2.24, 2.45) is 0 Å². The van der Waals surface area contributed by atoms with Crippen LogP contribution >= 0.6 is 22.6 Å². The third-order valence-electron chi connectivity index (χ3n) is 3.34. The molecule has 1 unspecified atom stereocenters. The maximum absolute atomic E-state index is 5.80. The van der Waals surface area contributed by atoms with Crippen molar-refractivity contribution in [3.8, 4) is 0 Å². The van der Waals surface area contributed by atoms with Gasteiger partial charge in [-0.05, 0) is 60.4 Å². The Morgan fingerprint density at radius 3 is 3.06 bits per heavy atom. The summed E-state index contributed by atoms with van der Waals surface area (Å²) in [4.78, 5) is 0. The molecule has 1 aliphatic heterocycles. The Kier molecular flexibility index (Phi) is 3.08. The Morgan fingerprint density at radius 2 is 2.29 bits per heavy atom. The van der Waals surface area contributed by atoms with Gasteiger partial charge in [-0.2, -0.15) is 5.10 Å². The fraction of sp³-hybridized carbons (Fsp3) is 0.462. The van der Waals surface area contributed by atoms with Gasteiger partial charge in [0.25, 0.3) is 0 Å². The molecular formula is C13H15IN2O. The zero-order chi connectivity index (χ0) is 11.8. The minimum atomic E-state index is 0.125. The Balaban J connectivity index is 2.08. The van der Waals surface area contributed by atoms with Gasteiger partial charge in [0.2, 0.25) is 0 Å². The molecule has 4 heteroatoms. The number of aryl methyl sites for hydroxylation is 1. The lowest BCUT2D eigenvalue weighted by Crippen LogP contribution is -2.18. The number of hydrogen-bond donors (Lipinski definition) is 0. The smallest absolute Gasteiger partial charge is 0.150 e. The van der Waals surface area contributed by atoms with Crippen LogP contribution in [0.25, 0.3) is 10.9 Å². The highest BCUT2D eigenvalue weighted by molar-refractivity contribution is 14.1. The minimum absolute atomic E-state index is 0.125. The lowest BCUT2D eigenvalue weighted by Gasteiger charge is -2.23. The molecule has 1 aromatic heterocycles. The predicted molar refractivity (Wildman–Crippen MR) is 76.0 cm³/mol. The van der Waals surface area contributed by atoms with Crippen LogP contribution in [0.1, 0.15) is 31.1 Å². The largest absolute Gasteiger partial charge is 0.356 e. The van der Waals surface area contributed by atoms with Crippen LogP contribution in [0.2, 0.25) is 0 Å². The minimum Gasteiger partial charge on any atom is -0.356 e. The fourth-order valence-electron chi connectivity index (χ4n) is 2.34. The summed E-state index contributed by atoms with van der Waals surface area (Å²) >= 11 is 2.39. The van der Waals surface area contributed by atoms with E-state index in [1.165, 1.54) is 32.9 Å². The number of rotatable bonds is 1. The molecule has 1 fully saturated rings. The molecule has 3 nitrogen and oxygen atoms in total. The summed E-state index contributed by atoms with van der Waals surface area (Å²) in [5.41, 5.74) is 2.49. The highest BCUT2D eigenvalue weighted by atomic mass is 127. The molecule has 1 aliphatic rings. The van der Waals surface area contributed by atoms with Gasteiger partial charge in [-0.1, -0.05) is 6.07 Å². The van der Waals surface area contributed by atoms with E-state index >= 15 is 0 Å². The van der Waals surface area contributed by atoms with Gasteiger partial charge in [-0.25, -0.2) is 4.68 Å². The van der Waals surface area contributed by atoms with Crippen LogP contribution in [0.3, 0.4) is 0 Å². The topological polar surface area (TPSA) is 27.1 Å². The number of nitrogens with zero attached hydrogens (tertiary/aromatic N) is 2. The zero-order valence-electron chi connectivity index (χ0n) is 9.82. The maximum Gasteiger partial charge on any atom is 0.150 e. The van der Waals surface area contributed by atoms with Crippen LogP contribution in [-0.4, -0.2) is 16.4 Å². The van der Waals surface area contributed by atoms with E-state index in [2.05, 4.69) is 46.7 Å². The van der Waals surface area contributed by atoms with E-state index in [1.807, 2.05) is 10.9 Å². The van der Waals surface area contributed by atoms with Crippen molar-refractivity contribution in [2.45, 2.75) is 32.4 Å². The van der Waals surface area contributed by atoms with Crippen molar-refractivity contribution in [1.82, 2.24) is 9.78 Å². The molecule has 0 bridgehead atoms. The first kappa shape index (κ1) is 11.5. The van der Waals surface area contributed by atoms with Gasteiger partial charge in [0.15, 0.2) is 6.23 Å². The van der Waals surface area contributed by atoms with Crippen LogP contribution in [0.5, 0.6) is 0 Å². The Hall–Kier alpha value is -0.620. The molecule has 17 heavy (non-hydrogen) atoms. The van der Waals surface area contributed by atoms with Crippen LogP contribution < -0.4 is 0 Å². The van der Waals surface area contributed by atoms with Gasteiger partial charge >= 0.3 is 0 Å². The first-order chi connectivity index (χ1) is 8.27. The Labute approximate surface area is 114 Å². The van der Waals surface area contributed by atoms with Crippen molar-refractivity contribution >= 4 is 33.5 Å². The molecule has 0 amide bonds. The summed E-state index contributed by atoms with van der Waals surface area (Å²) in [7, 11) is 0. The fourth-order valence-corrected chi connectivity index (χ4v) is 2.94. The van der Waals surface area contributed by atoms with Crippen molar-refractivity contribution in [2.75, 3.05) is 6.61 Å². The molecule has 0 saturated carbocycles. The molecule has 0 radical (unpaired) electrons. The van der Waals surface area contributed by atoms with E-state index in [1.54, 1.807) is 0 Å². The van der Waals surface area contributed by atoms with E-state index in [4.69, 9.17) is 4.74 Å². The molecule has 1 saturated heterocycles. The second-order valence-corrected chi connectivity index (χ2v) is 5.62. The third-order valence-corrected chi connectivity index (χ3v) is 4.77. The molecule has 1 atom stereocenters. The van der Waals surface area contributed by atoms with Crippen LogP contribution in [0.15, 0.2) is 18.3 Å². The van der Waals surface area contributed by atoms with Gasteiger partial charge in [-0.3, -0.25) is 0 Å². The van der Waals surface area contributed by atoms with Crippen LogP contribution in [0, 0.1) is 10.5 Å². The number of halogens is 1. The summed E-state index contributed by atoms with van der Waals surface area (Å²) in [6, 6.07) is 4.31. The monoisotopic (exact) mass is 342 g/mol. The number of hydrogen-bond acceptors (Lipinski definition) is 2. The normalized spacial score (nSPS) is 20.9. The second kappa shape index (κ2) is 4.57. The van der Waals surface area contributed by atoms with Gasteiger partial charge < -0.3 is 4.74 Å². The van der Waals surface area contributed by atoms with Crippen molar-refractivity contribution in [1.29, 1.82) is 0 Å². The number of ether oxygens (including phenoxy) is 1. The molecule has 2 aromatic rings. The third kappa shape index (κ3) is 1.97. The first-order valence-electron chi connectivity index (χ1n) is 6.01. The molecule has 2 heterocycles. The van der Waals surface area contributed by atoms with E-state index in [9.17, 15) is 0 Å². The van der Waals surface area contributed by atoms with Gasteiger partial charge in [0.05, 0.1) is 11.7 Å². The maximum atomic E-state index is 5.80. The quantitative estimate of drug-likeness (QED) is 0.740. The molecule has 0 aliphatic carbocycles. The summed E-state index contributed by atoms with van der Waals surface area (Å²) in [5, 5.41) is 5.74. The SMILES string of the molecule is Cc1ccc2c(cnn2C2CCCCO2)c1I. The van der Waals surface area contributed by atoms with Crippen LogP contribution in [-0.2, 0) is 4.74 Å². The average molecular weight is 342 g/mol. The molecular weight excluding hydrogens is 327 g/mol. The molecule has 3 rings (SSSR count). The molecule has 1 aromatic carbocycles. The number of fused-ring (bicyclic) bond motifs is 1. The predicted octanol–water partition coefficient (Wildman–Crippen LogP) is 3.65. The van der Waals surface area contributed by atoms with Crippen molar-refractivity contribution in [3.63, 3.8) is 0 Å². The van der Waals surface area contributed by atoms with Gasteiger partial charge in [0, 0.05) is 15.6 Å². The molecule has 0 spiro atoms. The Bertz CT molecular complexity index is 544. The molecule has 0 N–H and O–H groups in total. The summed E-state index contributed by atoms with van der Waals surface area (Å²) in [5.74, 6) is 0. The van der Waals surface area contributed by atoms with Gasteiger partial charge in [0.1, 0.15) is 0 Å². The van der Waals surface area contributed by atoms with Gasteiger partial charge in [-0.15, -0.1) is 0 Å². The highest BCUT2D eigenvalue weighted by Gasteiger charge is 2.19. The highest BCUT2D eigenvalue weighted by Crippen LogP contribution is 2.29. The van der Waals surface area contributed by atoms with E-state index in [0.717, 1.165) is 13.0 Å². The number of aromatic nitrogens is 2. The summed E-state index contributed by atoms with van der Waals surface area (Å²) < 4.78 is 9.13. The summed E-state index contributed by atoms with van der Waals surface area (Å²) in [6.45, 7) is 2.99. The average Bonchev–Trinajstić information content (AvgIpc) is 2.79.